The maximum absolute atomic E-state index is 12.7. The molecule has 150 valence electrons. The number of sulfonamides is 1. The van der Waals surface area contributed by atoms with Crippen LogP contribution in [0.2, 0.25) is 0 Å². The topological polar surface area (TPSA) is 97.7 Å². The minimum atomic E-state index is -3.59. The van der Waals surface area contributed by atoms with Gasteiger partial charge in [0.05, 0.1) is 12.2 Å². The normalized spacial score (nSPS) is 14.8. The molecule has 9 heteroatoms. The Morgan fingerprint density at radius 1 is 1.14 bits per heavy atom. The summed E-state index contributed by atoms with van der Waals surface area (Å²) >= 11 is 0. The Bertz CT molecular complexity index is 973. The van der Waals surface area contributed by atoms with E-state index in [1.54, 1.807) is 38.2 Å². The van der Waals surface area contributed by atoms with Crippen molar-refractivity contribution >= 4 is 27.6 Å². The first-order valence-electron chi connectivity index (χ1n) is 9.08. The highest BCUT2D eigenvalue weighted by molar-refractivity contribution is 7.89. The molecular weight excluding hydrogens is 382 g/mol. The summed E-state index contributed by atoms with van der Waals surface area (Å²) in [4.78, 5) is 24.4. The summed E-state index contributed by atoms with van der Waals surface area (Å²) in [6.45, 7) is 3.02. The van der Waals surface area contributed by atoms with Crippen LogP contribution in [0.1, 0.15) is 40.6 Å². The summed E-state index contributed by atoms with van der Waals surface area (Å²) in [7, 11) is -1.96. The van der Waals surface area contributed by atoms with E-state index in [4.69, 9.17) is 4.74 Å². The zero-order valence-corrected chi connectivity index (χ0v) is 16.7. The van der Waals surface area contributed by atoms with E-state index in [0.29, 0.717) is 24.3 Å². The van der Waals surface area contributed by atoms with Crippen molar-refractivity contribution < 1.29 is 22.7 Å². The number of hydrogen-bond acceptors (Lipinski definition) is 5. The van der Waals surface area contributed by atoms with Gasteiger partial charge in [0.25, 0.3) is 5.91 Å². The third kappa shape index (κ3) is 4.10. The molecule has 0 unspecified atom stereocenters. The molecule has 1 aromatic heterocycles. The van der Waals surface area contributed by atoms with Crippen molar-refractivity contribution in [2.75, 3.05) is 25.0 Å². The van der Waals surface area contributed by atoms with Crippen molar-refractivity contribution in [3.8, 4) is 0 Å². The highest BCUT2D eigenvalue weighted by Crippen LogP contribution is 2.23. The average Bonchev–Trinajstić information content (AvgIpc) is 3.33. The van der Waals surface area contributed by atoms with Gasteiger partial charge in [0.1, 0.15) is 10.6 Å². The van der Waals surface area contributed by atoms with Crippen LogP contribution in [-0.4, -0.2) is 48.9 Å². The van der Waals surface area contributed by atoms with Crippen molar-refractivity contribution in [3.05, 3.63) is 47.8 Å². The van der Waals surface area contributed by atoms with E-state index in [0.717, 1.165) is 12.8 Å². The second kappa shape index (κ2) is 8.15. The quantitative estimate of drug-likeness (QED) is 0.744. The molecule has 28 heavy (non-hydrogen) atoms. The lowest BCUT2D eigenvalue weighted by Gasteiger charge is -2.13. The van der Waals surface area contributed by atoms with E-state index in [-0.39, 0.29) is 17.2 Å². The van der Waals surface area contributed by atoms with Crippen LogP contribution in [-0.2, 0) is 21.8 Å². The van der Waals surface area contributed by atoms with Crippen LogP contribution in [0.5, 0.6) is 0 Å². The smallest absolute Gasteiger partial charge is 0.338 e. The minimum absolute atomic E-state index is 0.111. The molecule has 1 amide bonds. The first-order valence-corrected chi connectivity index (χ1v) is 10.5. The van der Waals surface area contributed by atoms with Gasteiger partial charge in [-0.2, -0.15) is 4.31 Å². The van der Waals surface area contributed by atoms with Gasteiger partial charge in [-0.15, -0.1) is 0 Å². The molecule has 8 nitrogen and oxygen atoms in total. The third-order valence-corrected chi connectivity index (χ3v) is 6.43. The Balaban J connectivity index is 1.74. The number of nitrogens with zero attached hydrogens (tertiary/aromatic N) is 2. The first-order chi connectivity index (χ1) is 13.3. The molecule has 0 radical (unpaired) electrons. The number of hydrogen-bond donors (Lipinski definition) is 1. The summed E-state index contributed by atoms with van der Waals surface area (Å²) in [6.07, 6.45) is 3.15. The van der Waals surface area contributed by atoms with E-state index < -0.39 is 21.9 Å². The van der Waals surface area contributed by atoms with E-state index in [1.807, 2.05) is 0 Å². The maximum Gasteiger partial charge on any atom is 0.338 e. The number of carbonyl (C=O) groups is 2. The van der Waals surface area contributed by atoms with E-state index in [1.165, 1.54) is 21.1 Å². The first kappa shape index (κ1) is 20.1. The molecule has 0 atom stereocenters. The average molecular weight is 405 g/mol. The van der Waals surface area contributed by atoms with E-state index in [9.17, 15) is 18.0 Å². The molecule has 1 N–H and O–H groups in total. The number of carbonyl (C=O) groups excluding carboxylic acids is 2. The predicted octanol–water partition coefficient (Wildman–Crippen LogP) is 2.24. The lowest BCUT2D eigenvalue weighted by Crippen LogP contribution is -2.27. The van der Waals surface area contributed by atoms with Crippen LogP contribution in [0.3, 0.4) is 0 Å². The molecule has 1 aliphatic heterocycles. The van der Waals surface area contributed by atoms with E-state index >= 15 is 0 Å². The zero-order valence-electron chi connectivity index (χ0n) is 15.8. The molecule has 0 bridgehead atoms. The number of esters is 1. The molecule has 1 aromatic carbocycles. The molecule has 0 saturated carbocycles. The van der Waals surface area contributed by atoms with Crippen LogP contribution in [0.15, 0.2) is 41.4 Å². The lowest BCUT2D eigenvalue weighted by atomic mass is 10.2. The van der Waals surface area contributed by atoms with Gasteiger partial charge >= 0.3 is 5.97 Å². The molecule has 2 heterocycles. The number of rotatable bonds is 6. The highest BCUT2D eigenvalue weighted by atomic mass is 32.2. The number of amides is 1. The highest BCUT2D eigenvalue weighted by Gasteiger charge is 2.29. The molecule has 2 aromatic rings. The van der Waals surface area contributed by atoms with Gasteiger partial charge in [0.15, 0.2) is 0 Å². The van der Waals surface area contributed by atoms with Gasteiger partial charge in [-0.05, 0) is 50.1 Å². The maximum atomic E-state index is 12.7. The number of benzene rings is 1. The summed E-state index contributed by atoms with van der Waals surface area (Å²) in [5.74, 6) is -0.867. The fourth-order valence-corrected chi connectivity index (χ4v) is 4.67. The second-order valence-corrected chi connectivity index (χ2v) is 8.47. The van der Waals surface area contributed by atoms with Crippen LogP contribution in [0, 0.1) is 0 Å². The number of ether oxygens (including phenoxy) is 1. The summed E-state index contributed by atoms with van der Waals surface area (Å²) in [5, 5.41) is 2.71. The van der Waals surface area contributed by atoms with Gasteiger partial charge in [0.2, 0.25) is 10.0 Å². The summed E-state index contributed by atoms with van der Waals surface area (Å²) in [6, 6.07) is 7.68. The Morgan fingerprint density at radius 2 is 1.79 bits per heavy atom. The van der Waals surface area contributed by atoms with E-state index in [2.05, 4.69) is 5.32 Å². The summed E-state index contributed by atoms with van der Waals surface area (Å²) in [5.41, 5.74) is 1.10. The van der Waals surface area contributed by atoms with Gasteiger partial charge in [-0.1, -0.05) is 0 Å². The van der Waals surface area contributed by atoms with Gasteiger partial charge in [-0.3, -0.25) is 4.79 Å². The number of anilines is 1. The number of aromatic nitrogens is 1. The van der Waals surface area contributed by atoms with Crippen LogP contribution in [0.4, 0.5) is 5.69 Å². The fraction of sp³-hybridized carbons (Fsp3) is 0.368. The number of aryl methyl sites for hydroxylation is 1. The Morgan fingerprint density at radius 3 is 2.39 bits per heavy atom. The van der Waals surface area contributed by atoms with Crippen molar-refractivity contribution in [3.63, 3.8) is 0 Å². The Kier molecular flexibility index (Phi) is 5.85. The molecule has 1 fully saturated rings. The van der Waals surface area contributed by atoms with Crippen molar-refractivity contribution in [2.24, 2.45) is 7.05 Å². The standard InChI is InChI=1S/C19H23N3O5S/c1-3-27-19(24)14-6-8-15(9-7-14)20-18(23)17-12-16(13-21(17)2)28(25,26)22-10-4-5-11-22/h6-9,12-13H,3-5,10-11H2,1-2H3,(H,20,23). The monoisotopic (exact) mass is 405 g/mol. The second-order valence-electron chi connectivity index (χ2n) is 6.54. The van der Waals surface area contributed by atoms with Crippen molar-refractivity contribution in [2.45, 2.75) is 24.7 Å². The number of nitrogens with one attached hydrogen (secondary N) is 1. The largest absolute Gasteiger partial charge is 0.462 e. The van der Waals surface area contributed by atoms with Crippen molar-refractivity contribution in [1.82, 2.24) is 8.87 Å². The Labute approximate surface area is 164 Å². The van der Waals surface area contributed by atoms with Crippen LogP contribution in [0.25, 0.3) is 0 Å². The SMILES string of the molecule is CCOC(=O)c1ccc(NC(=O)c2cc(S(=O)(=O)N3CCCC3)cn2C)cc1. The zero-order chi connectivity index (χ0) is 20.3. The fourth-order valence-electron chi connectivity index (χ4n) is 3.08. The third-order valence-electron chi connectivity index (χ3n) is 4.57. The minimum Gasteiger partial charge on any atom is -0.462 e. The molecule has 3 rings (SSSR count). The van der Waals surface area contributed by atoms with Gasteiger partial charge < -0.3 is 14.6 Å². The Hall–Kier alpha value is -2.65. The van der Waals surface area contributed by atoms with Crippen LogP contribution >= 0.6 is 0 Å². The van der Waals surface area contributed by atoms with Gasteiger partial charge in [0, 0.05) is 32.0 Å². The molecule has 0 spiro atoms. The lowest BCUT2D eigenvalue weighted by molar-refractivity contribution is 0.0526. The molecule has 0 aliphatic carbocycles. The van der Waals surface area contributed by atoms with Crippen LogP contribution < -0.4 is 5.32 Å². The summed E-state index contributed by atoms with van der Waals surface area (Å²) < 4.78 is 33.2. The molecular formula is C19H23N3O5S. The molecule has 1 saturated heterocycles. The van der Waals surface area contributed by atoms with Crippen molar-refractivity contribution in [1.29, 1.82) is 0 Å². The predicted molar refractivity (Wildman–Crippen MR) is 104 cm³/mol. The molecule has 1 aliphatic rings. The van der Waals surface area contributed by atoms with Gasteiger partial charge in [-0.25, -0.2) is 13.2 Å².